The van der Waals surface area contributed by atoms with E-state index in [9.17, 15) is 26.4 Å². The first-order chi connectivity index (χ1) is 14.4. The number of nitrogens with two attached hydrogens (primary N) is 1. The minimum atomic E-state index is -4.67. The van der Waals surface area contributed by atoms with Crippen LogP contribution in [0.3, 0.4) is 0 Å². The average molecular weight is 458 g/mol. The molecule has 5 N–H and O–H groups in total. The van der Waals surface area contributed by atoms with Crippen LogP contribution in [0.2, 0.25) is 0 Å². The van der Waals surface area contributed by atoms with E-state index in [1.807, 2.05) is 0 Å². The summed E-state index contributed by atoms with van der Waals surface area (Å²) in [5.41, 5.74) is 0.911. The molecule has 31 heavy (non-hydrogen) atoms. The Morgan fingerprint density at radius 2 is 2.06 bits per heavy atom. The van der Waals surface area contributed by atoms with Gasteiger partial charge in [-0.15, -0.1) is 0 Å². The van der Waals surface area contributed by atoms with Crippen LogP contribution < -0.4 is 21.1 Å². The number of nitrogens with zero attached hydrogens (tertiary/aromatic N) is 2. The second kappa shape index (κ2) is 8.67. The fourth-order valence-electron chi connectivity index (χ4n) is 2.98. The van der Waals surface area contributed by atoms with E-state index >= 15 is 0 Å². The second-order valence-corrected chi connectivity index (χ2v) is 9.13. The van der Waals surface area contributed by atoms with E-state index < -0.39 is 32.8 Å². The molecule has 9 nitrogen and oxygen atoms in total. The molecular formula is C18H21F3N6O3S. The SMILES string of the molecule is CC(CCCNc1nc(Nc2ccc3c(c2)CC(=O)N3)ncc1C(F)(F)F)S(N)(=O)=O. The van der Waals surface area contributed by atoms with Crippen LogP contribution in [0.4, 0.5) is 36.3 Å². The highest BCUT2D eigenvalue weighted by Crippen LogP contribution is 2.34. The number of nitrogens with one attached hydrogen (secondary N) is 3. The minimum Gasteiger partial charge on any atom is -0.369 e. The quantitative estimate of drug-likeness (QED) is 0.446. The van der Waals surface area contributed by atoms with Gasteiger partial charge in [0, 0.05) is 24.1 Å². The topological polar surface area (TPSA) is 139 Å². The first-order valence-electron chi connectivity index (χ1n) is 9.33. The maximum absolute atomic E-state index is 13.3. The molecule has 2 heterocycles. The number of carbonyl (C=O) groups excluding carboxylic acids is 1. The monoisotopic (exact) mass is 458 g/mol. The zero-order valence-electron chi connectivity index (χ0n) is 16.5. The third kappa shape index (κ3) is 5.82. The van der Waals surface area contributed by atoms with Gasteiger partial charge in [-0.1, -0.05) is 0 Å². The van der Waals surface area contributed by atoms with Gasteiger partial charge in [0.2, 0.25) is 21.9 Å². The summed E-state index contributed by atoms with van der Waals surface area (Å²) in [6.45, 7) is 1.49. The Bertz CT molecular complexity index is 1090. The Balaban J connectivity index is 1.73. The molecule has 168 valence electrons. The van der Waals surface area contributed by atoms with Gasteiger partial charge in [0.25, 0.3) is 0 Å². The van der Waals surface area contributed by atoms with E-state index in [0.29, 0.717) is 17.6 Å². The van der Waals surface area contributed by atoms with Gasteiger partial charge in [0.1, 0.15) is 11.4 Å². The Kier molecular flexibility index (Phi) is 6.36. The standard InChI is InChI=1S/C18H21F3N6O3S/c1-10(31(22,29)30)3-2-6-23-16-13(18(19,20)21)9-24-17(27-16)25-12-4-5-14-11(7-12)8-15(28)26-14/h4-5,7,9-10H,2-3,6,8H2,1H3,(H,26,28)(H2,22,29,30)(H2,23,24,25,27). The smallest absolute Gasteiger partial charge is 0.369 e. The van der Waals surface area contributed by atoms with Crippen molar-refractivity contribution < 1.29 is 26.4 Å². The summed E-state index contributed by atoms with van der Waals surface area (Å²) in [5, 5.41) is 12.4. The van der Waals surface area contributed by atoms with E-state index in [1.54, 1.807) is 18.2 Å². The lowest BCUT2D eigenvalue weighted by molar-refractivity contribution is -0.137. The van der Waals surface area contributed by atoms with Crippen LogP contribution in [-0.2, 0) is 27.4 Å². The van der Waals surface area contributed by atoms with Crippen molar-refractivity contribution >= 4 is 39.1 Å². The number of fused-ring (bicyclic) bond motifs is 1. The number of hydrogen-bond acceptors (Lipinski definition) is 7. The van der Waals surface area contributed by atoms with Gasteiger partial charge in [-0.25, -0.2) is 18.5 Å². The zero-order valence-corrected chi connectivity index (χ0v) is 17.3. The first kappa shape index (κ1) is 22.7. The summed E-state index contributed by atoms with van der Waals surface area (Å²) >= 11 is 0. The number of benzene rings is 1. The molecule has 0 spiro atoms. The van der Waals surface area contributed by atoms with Crippen molar-refractivity contribution in [1.82, 2.24) is 9.97 Å². The Morgan fingerprint density at radius 3 is 2.74 bits per heavy atom. The highest BCUT2D eigenvalue weighted by Gasteiger charge is 2.35. The number of sulfonamides is 1. The molecule has 0 bridgehead atoms. The number of primary sulfonamides is 1. The Hall–Kier alpha value is -2.93. The minimum absolute atomic E-state index is 0.0615. The maximum Gasteiger partial charge on any atom is 0.421 e. The Labute approximate surface area is 176 Å². The first-order valence-corrected chi connectivity index (χ1v) is 10.9. The number of rotatable bonds is 8. The van der Waals surface area contributed by atoms with E-state index in [4.69, 9.17) is 5.14 Å². The highest BCUT2D eigenvalue weighted by atomic mass is 32.2. The molecule has 13 heteroatoms. The average Bonchev–Trinajstić information content (AvgIpc) is 3.02. The van der Waals surface area contributed by atoms with Crippen molar-refractivity contribution in [1.29, 1.82) is 0 Å². The second-order valence-electron chi connectivity index (χ2n) is 7.14. The van der Waals surface area contributed by atoms with Gasteiger partial charge in [-0.05, 0) is 43.5 Å². The molecule has 1 aromatic carbocycles. The van der Waals surface area contributed by atoms with Crippen molar-refractivity contribution in [3.63, 3.8) is 0 Å². The van der Waals surface area contributed by atoms with Crippen molar-refractivity contribution in [2.45, 2.75) is 37.6 Å². The van der Waals surface area contributed by atoms with Gasteiger partial charge in [-0.3, -0.25) is 4.79 Å². The molecule has 0 radical (unpaired) electrons. The maximum atomic E-state index is 13.3. The van der Waals surface area contributed by atoms with Crippen LogP contribution >= 0.6 is 0 Å². The lowest BCUT2D eigenvalue weighted by Gasteiger charge is -2.15. The van der Waals surface area contributed by atoms with Crippen molar-refractivity contribution in [2.75, 3.05) is 22.5 Å². The number of aromatic nitrogens is 2. The Morgan fingerprint density at radius 1 is 1.32 bits per heavy atom. The number of halogens is 3. The highest BCUT2D eigenvalue weighted by molar-refractivity contribution is 7.89. The lowest BCUT2D eigenvalue weighted by Crippen LogP contribution is -2.26. The van der Waals surface area contributed by atoms with E-state index in [2.05, 4.69) is 25.9 Å². The van der Waals surface area contributed by atoms with Crippen molar-refractivity contribution in [3.05, 3.63) is 35.5 Å². The van der Waals surface area contributed by atoms with Crippen LogP contribution in [0.25, 0.3) is 0 Å². The molecule has 2 aromatic rings. The van der Waals surface area contributed by atoms with Gasteiger partial charge < -0.3 is 16.0 Å². The number of amides is 1. The number of hydrogen-bond donors (Lipinski definition) is 4. The predicted octanol–water partition coefficient (Wildman–Crippen LogP) is 2.60. The van der Waals surface area contributed by atoms with Gasteiger partial charge >= 0.3 is 6.18 Å². The fraction of sp³-hybridized carbons (Fsp3) is 0.389. The van der Waals surface area contributed by atoms with E-state index in [0.717, 1.165) is 5.56 Å². The fourth-order valence-corrected chi connectivity index (χ4v) is 3.48. The lowest BCUT2D eigenvalue weighted by atomic mass is 10.1. The summed E-state index contributed by atoms with van der Waals surface area (Å²) < 4.78 is 62.4. The molecule has 3 rings (SSSR count). The molecule has 1 aromatic heterocycles. The summed E-state index contributed by atoms with van der Waals surface area (Å²) in [5.74, 6) is -0.627. The van der Waals surface area contributed by atoms with Crippen LogP contribution in [0.5, 0.6) is 0 Å². The zero-order chi connectivity index (χ0) is 22.8. The van der Waals surface area contributed by atoms with E-state index in [-0.39, 0.29) is 37.7 Å². The summed E-state index contributed by atoms with van der Waals surface area (Å²) in [6.07, 6.45) is -3.33. The number of carbonyl (C=O) groups is 1. The third-order valence-electron chi connectivity index (χ3n) is 4.72. The number of alkyl halides is 3. The largest absolute Gasteiger partial charge is 0.421 e. The molecule has 1 amide bonds. The van der Waals surface area contributed by atoms with Crippen LogP contribution in [0.1, 0.15) is 30.9 Å². The molecule has 1 unspecified atom stereocenters. The molecule has 0 saturated heterocycles. The molecule has 1 aliphatic rings. The molecule has 0 saturated carbocycles. The van der Waals surface area contributed by atoms with Crippen LogP contribution in [-0.4, -0.2) is 36.1 Å². The normalized spacial score (nSPS) is 14.7. The summed E-state index contributed by atoms with van der Waals surface area (Å²) in [4.78, 5) is 19.1. The molecule has 1 atom stereocenters. The van der Waals surface area contributed by atoms with Crippen LogP contribution in [0.15, 0.2) is 24.4 Å². The van der Waals surface area contributed by atoms with Crippen LogP contribution in [0, 0.1) is 0 Å². The molecular weight excluding hydrogens is 437 g/mol. The van der Waals surface area contributed by atoms with Crippen molar-refractivity contribution in [2.24, 2.45) is 5.14 Å². The van der Waals surface area contributed by atoms with Crippen molar-refractivity contribution in [3.8, 4) is 0 Å². The third-order valence-corrected chi connectivity index (χ3v) is 6.08. The molecule has 1 aliphatic heterocycles. The molecule has 0 aliphatic carbocycles. The van der Waals surface area contributed by atoms with E-state index in [1.165, 1.54) is 6.92 Å². The number of anilines is 4. The molecule has 0 fully saturated rings. The summed E-state index contributed by atoms with van der Waals surface area (Å²) in [6, 6.07) is 5.02. The summed E-state index contributed by atoms with van der Waals surface area (Å²) in [7, 11) is -3.70. The van der Waals surface area contributed by atoms with Gasteiger partial charge in [0.15, 0.2) is 0 Å². The predicted molar refractivity (Wildman–Crippen MR) is 109 cm³/mol. The van der Waals surface area contributed by atoms with Gasteiger partial charge in [-0.2, -0.15) is 18.2 Å². The van der Waals surface area contributed by atoms with Gasteiger partial charge in [0.05, 0.1) is 11.7 Å².